The number of carbonyl (C=O) groups is 1. The number of hydrogen-bond donors (Lipinski definition) is 1. The molecule has 0 heterocycles. The number of carbonyl (C=O) groups excluding carboxylic acids is 1. The standard InChI is InChI=1S/C23H29NO3/c1-17(16-27-21-13-11-20(26-5)12-14-21)24-22(25)15-8-18-6-9-19(10-7-18)23(2,3)4/h6-15,17H,16H2,1-5H3,(H,24,25)/b15-8+/t17-/m0/s1. The number of amides is 1. The molecule has 2 aromatic carbocycles. The Morgan fingerprint density at radius 2 is 1.63 bits per heavy atom. The molecule has 4 heteroatoms. The molecule has 0 aliphatic rings. The third kappa shape index (κ3) is 6.81. The maximum absolute atomic E-state index is 12.1. The molecule has 0 bridgehead atoms. The zero-order chi connectivity index (χ0) is 19.9. The van der Waals surface area contributed by atoms with Crippen LogP contribution in [-0.4, -0.2) is 25.7 Å². The lowest BCUT2D eigenvalue weighted by Crippen LogP contribution is -2.35. The van der Waals surface area contributed by atoms with Gasteiger partial charge < -0.3 is 14.8 Å². The summed E-state index contributed by atoms with van der Waals surface area (Å²) in [6, 6.07) is 15.5. The van der Waals surface area contributed by atoms with Gasteiger partial charge in [0, 0.05) is 6.08 Å². The average Bonchev–Trinajstić information content (AvgIpc) is 2.65. The van der Waals surface area contributed by atoms with E-state index >= 15 is 0 Å². The molecule has 27 heavy (non-hydrogen) atoms. The Bertz CT molecular complexity index is 756. The topological polar surface area (TPSA) is 47.6 Å². The predicted octanol–water partition coefficient (Wildman–Crippen LogP) is 4.59. The normalized spacial score (nSPS) is 12.6. The van der Waals surface area contributed by atoms with Crippen LogP contribution in [0.15, 0.2) is 54.6 Å². The molecule has 0 saturated heterocycles. The minimum atomic E-state index is -0.138. The van der Waals surface area contributed by atoms with E-state index in [9.17, 15) is 4.79 Å². The van der Waals surface area contributed by atoms with Crippen LogP contribution in [0.3, 0.4) is 0 Å². The Hall–Kier alpha value is -2.75. The van der Waals surface area contributed by atoms with Crippen LogP contribution in [0.2, 0.25) is 0 Å². The summed E-state index contributed by atoms with van der Waals surface area (Å²) in [5, 5.41) is 2.90. The van der Waals surface area contributed by atoms with Gasteiger partial charge in [0.15, 0.2) is 0 Å². The molecule has 0 spiro atoms. The lowest BCUT2D eigenvalue weighted by atomic mass is 9.87. The van der Waals surface area contributed by atoms with Gasteiger partial charge in [0.25, 0.3) is 0 Å². The number of rotatable bonds is 7. The van der Waals surface area contributed by atoms with Gasteiger partial charge in [-0.2, -0.15) is 0 Å². The Balaban J connectivity index is 1.80. The fraction of sp³-hybridized carbons (Fsp3) is 0.348. The van der Waals surface area contributed by atoms with E-state index in [-0.39, 0.29) is 17.4 Å². The molecule has 144 valence electrons. The first-order chi connectivity index (χ1) is 12.8. The monoisotopic (exact) mass is 367 g/mol. The largest absolute Gasteiger partial charge is 0.497 e. The van der Waals surface area contributed by atoms with Crippen molar-refractivity contribution in [3.05, 3.63) is 65.7 Å². The Kier molecular flexibility index (Phi) is 7.05. The van der Waals surface area contributed by atoms with Crippen molar-refractivity contribution in [2.24, 2.45) is 0 Å². The second kappa shape index (κ2) is 9.26. The Labute approximate surface area is 162 Å². The Morgan fingerprint density at radius 1 is 1.04 bits per heavy atom. The van der Waals surface area contributed by atoms with E-state index in [2.05, 4.69) is 38.2 Å². The third-order valence-electron chi connectivity index (χ3n) is 4.15. The van der Waals surface area contributed by atoms with Gasteiger partial charge in [0.2, 0.25) is 5.91 Å². The fourth-order valence-corrected chi connectivity index (χ4v) is 2.49. The lowest BCUT2D eigenvalue weighted by molar-refractivity contribution is -0.117. The molecule has 0 aliphatic heterocycles. The van der Waals surface area contributed by atoms with Crippen LogP contribution in [0.25, 0.3) is 6.08 Å². The number of benzene rings is 2. The second-order valence-corrected chi connectivity index (χ2v) is 7.60. The summed E-state index contributed by atoms with van der Waals surface area (Å²) in [7, 11) is 1.62. The van der Waals surface area contributed by atoms with Crippen LogP contribution >= 0.6 is 0 Å². The summed E-state index contributed by atoms with van der Waals surface area (Å²) in [6.07, 6.45) is 3.37. The smallest absolute Gasteiger partial charge is 0.244 e. The van der Waals surface area contributed by atoms with Gasteiger partial charge in [0.1, 0.15) is 18.1 Å². The quantitative estimate of drug-likeness (QED) is 0.728. The maximum atomic E-state index is 12.1. The zero-order valence-corrected chi connectivity index (χ0v) is 16.8. The zero-order valence-electron chi connectivity index (χ0n) is 16.8. The molecule has 1 N–H and O–H groups in total. The fourth-order valence-electron chi connectivity index (χ4n) is 2.49. The lowest BCUT2D eigenvalue weighted by Gasteiger charge is -2.18. The molecule has 0 radical (unpaired) electrons. The SMILES string of the molecule is COc1ccc(OC[C@H](C)NC(=O)/C=C/c2ccc(C(C)(C)C)cc2)cc1. The molecular formula is C23H29NO3. The van der Waals surface area contributed by atoms with E-state index in [1.807, 2.05) is 49.4 Å². The van der Waals surface area contributed by atoms with Crippen LogP contribution in [0.4, 0.5) is 0 Å². The van der Waals surface area contributed by atoms with E-state index < -0.39 is 0 Å². The summed E-state index contributed by atoms with van der Waals surface area (Å²) < 4.78 is 10.8. The molecule has 0 fully saturated rings. The average molecular weight is 367 g/mol. The van der Waals surface area contributed by atoms with Crippen LogP contribution in [0.1, 0.15) is 38.8 Å². The Morgan fingerprint density at radius 3 is 2.19 bits per heavy atom. The minimum Gasteiger partial charge on any atom is -0.497 e. The summed E-state index contributed by atoms with van der Waals surface area (Å²) in [5.74, 6) is 1.39. The van der Waals surface area contributed by atoms with Gasteiger partial charge >= 0.3 is 0 Å². The first-order valence-corrected chi connectivity index (χ1v) is 9.14. The van der Waals surface area contributed by atoms with Crippen LogP contribution in [0, 0.1) is 0 Å². The highest BCUT2D eigenvalue weighted by molar-refractivity contribution is 5.91. The molecule has 0 unspecified atom stereocenters. The van der Waals surface area contributed by atoms with Crippen molar-refractivity contribution in [3.63, 3.8) is 0 Å². The van der Waals surface area contributed by atoms with Gasteiger partial charge in [-0.3, -0.25) is 4.79 Å². The highest BCUT2D eigenvalue weighted by Gasteiger charge is 2.12. The molecule has 0 aromatic heterocycles. The van der Waals surface area contributed by atoms with E-state index in [1.165, 1.54) is 5.56 Å². The predicted molar refractivity (Wildman–Crippen MR) is 110 cm³/mol. The first-order valence-electron chi connectivity index (χ1n) is 9.14. The molecule has 2 rings (SSSR count). The van der Waals surface area contributed by atoms with Crippen molar-refractivity contribution in [1.29, 1.82) is 0 Å². The summed E-state index contributed by atoms with van der Waals surface area (Å²) in [5.41, 5.74) is 2.40. The van der Waals surface area contributed by atoms with E-state index in [0.717, 1.165) is 17.1 Å². The van der Waals surface area contributed by atoms with E-state index in [1.54, 1.807) is 13.2 Å². The van der Waals surface area contributed by atoms with Crippen molar-refractivity contribution in [1.82, 2.24) is 5.32 Å². The molecule has 4 nitrogen and oxygen atoms in total. The van der Waals surface area contributed by atoms with Crippen LogP contribution in [0.5, 0.6) is 11.5 Å². The highest BCUT2D eigenvalue weighted by Crippen LogP contribution is 2.22. The van der Waals surface area contributed by atoms with Gasteiger partial charge in [-0.15, -0.1) is 0 Å². The summed E-state index contributed by atoms with van der Waals surface area (Å²) in [4.78, 5) is 12.1. The van der Waals surface area contributed by atoms with Gasteiger partial charge in [-0.1, -0.05) is 45.0 Å². The van der Waals surface area contributed by atoms with E-state index in [0.29, 0.717) is 6.61 Å². The van der Waals surface area contributed by atoms with Crippen molar-refractivity contribution < 1.29 is 14.3 Å². The van der Waals surface area contributed by atoms with Gasteiger partial charge in [-0.05, 0) is 53.8 Å². The van der Waals surface area contributed by atoms with Crippen molar-refractivity contribution in [3.8, 4) is 11.5 Å². The maximum Gasteiger partial charge on any atom is 0.244 e. The number of methoxy groups -OCH3 is 1. The molecule has 1 amide bonds. The molecule has 2 aromatic rings. The number of nitrogens with one attached hydrogen (secondary N) is 1. The van der Waals surface area contributed by atoms with Gasteiger partial charge in [-0.25, -0.2) is 0 Å². The van der Waals surface area contributed by atoms with Gasteiger partial charge in [0.05, 0.1) is 13.2 Å². The summed E-state index contributed by atoms with van der Waals surface area (Å²) in [6.45, 7) is 8.85. The molecule has 0 saturated carbocycles. The van der Waals surface area contributed by atoms with Crippen molar-refractivity contribution in [2.75, 3.05) is 13.7 Å². The number of hydrogen-bond acceptors (Lipinski definition) is 3. The summed E-state index contributed by atoms with van der Waals surface area (Å²) >= 11 is 0. The van der Waals surface area contributed by atoms with Crippen molar-refractivity contribution >= 4 is 12.0 Å². The van der Waals surface area contributed by atoms with Crippen LogP contribution < -0.4 is 14.8 Å². The van der Waals surface area contributed by atoms with E-state index in [4.69, 9.17) is 9.47 Å². The first kappa shape index (κ1) is 20.6. The highest BCUT2D eigenvalue weighted by atomic mass is 16.5. The van der Waals surface area contributed by atoms with Crippen LogP contribution in [-0.2, 0) is 10.2 Å². The second-order valence-electron chi connectivity index (χ2n) is 7.60. The third-order valence-corrected chi connectivity index (χ3v) is 4.15. The molecule has 1 atom stereocenters. The van der Waals surface area contributed by atoms with Crippen molar-refractivity contribution in [2.45, 2.75) is 39.2 Å². The number of ether oxygens (including phenoxy) is 2. The minimum absolute atomic E-state index is 0.104. The molecular weight excluding hydrogens is 338 g/mol. The molecule has 0 aliphatic carbocycles.